The zero-order valence-corrected chi connectivity index (χ0v) is 21.3. The third-order valence-electron chi connectivity index (χ3n) is 7.28. The second-order valence-electron chi connectivity index (χ2n) is 9.67. The monoisotopic (exact) mass is 501 g/mol. The van der Waals surface area contributed by atoms with Crippen LogP contribution >= 0.6 is 0 Å². The molecule has 6 rings (SSSR count). The molecule has 190 valence electrons. The van der Waals surface area contributed by atoms with Crippen LogP contribution in [-0.4, -0.2) is 45.7 Å². The Balaban J connectivity index is 1.22. The second kappa shape index (κ2) is 11.0. The highest BCUT2D eigenvalue weighted by molar-refractivity contribution is 5.95. The van der Waals surface area contributed by atoms with Crippen LogP contribution in [0.2, 0.25) is 0 Å². The number of hydrogen-bond acceptors (Lipinski definition) is 5. The first kappa shape index (κ1) is 24.1. The van der Waals surface area contributed by atoms with Crippen molar-refractivity contribution in [3.63, 3.8) is 0 Å². The summed E-state index contributed by atoms with van der Waals surface area (Å²) in [7, 11) is 0. The minimum absolute atomic E-state index is 0.153. The lowest BCUT2D eigenvalue weighted by molar-refractivity contribution is 0.0876. The van der Waals surface area contributed by atoms with Crippen molar-refractivity contribution < 1.29 is 5.11 Å². The number of hydrogen-bond donors (Lipinski definition) is 1. The molecule has 1 aliphatic rings. The molecule has 2 heterocycles. The highest BCUT2D eigenvalue weighted by atomic mass is 16.3. The van der Waals surface area contributed by atoms with Crippen LogP contribution in [0.4, 0.5) is 11.4 Å². The van der Waals surface area contributed by atoms with Crippen LogP contribution in [0.5, 0.6) is 5.88 Å². The van der Waals surface area contributed by atoms with Crippen LogP contribution in [0.3, 0.4) is 0 Å². The van der Waals surface area contributed by atoms with Crippen molar-refractivity contribution in [3.05, 3.63) is 126 Å². The van der Waals surface area contributed by atoms with Crippen LogP contribution in [0.15, 0.2) is 125 Å². The summed E-state index contributed by atoms with van der Waals surface area (Å²) in [5, 5.41) is 20.9. The molecule has 1 aromatic heterocycles. The molecule has 0 amide bonds. The smallest absolute Gasteiger partial charge is 0.221 e. The van der Waals surface area contributed by atoms with Crippen molar-refractivity contribution >= 4 is 22.3 Å². The van der Waals surface area contributed by atoms with Gasteiger partial charge >= 0.3 is 0 Å². The lowest BCUT2D eigenvalue weighted by atomic mass is 9.96. The Hall–Kier alpha value is -4.26. The van der Waals surface area contributed by atoms with Crippen LogP contribution < -0.4 is 0 Å². The maximum atomic E-state index is 11.2. The first-order chi connectivity index (χ1) is 18.8. The fourth-order valence-corrected chi connectivity index (χ4v) is 5.36. The molecule has 4 aromatic carbocycles. The summed E-state index contributed by atoms with van der Waals surface area (Å²) in [6.45, 7) is 4.29. The Morgan fingerprint density at radius 2 is 1.18 bits per heavy atom. The van der Waals surface area contributed by atoms with Crippen molar-refractivity contribution in [1.29, 1.82) is 0 Å². The number of piperazine rings is 1. The van der Waals surface area contributed by atoms with Gasteiger partial charge in [0.1, 0.15) is 0 Å². The van der Waals surface area contributed by atoms with E-state index in [9.17, 15) is 5.11 Å². The van der Waals surface area contributed by atoms with Gasteiger partial charge in [0.05, 0.1) is 23.9 Å². The van der Waals surface area contributed by atoms with Gasteiger partial charge in [-0.15, -0.1) is 5.11 Å². The number of azo groups is 1. The summed E-state index contributed by atoms with van der Waals surface area (Å²) >= 11 is 0. The summed E-state index contributed by atoms with van der Waals surface area (Å²) in [6.07, 6.45) is 0. The molecule has 0 aliphatic carbocycles. The van der Waals surface area contributed by atoms with Crippen LogP contribution in [0.1, 0.15) is 17.2 Å². The lowest BCUT2D eigenvalue weighted by Crippen LogP contribution is -2.48. The minimum atomic E-state index is 0.153. The van der Waals surface area contributed by atoms with Crippen LogP contribution in [0, 0.1) is 0 Å². The van der Waals surface area contributed by atoms with E-state index >= 15 is 0 Å². The van der Waals surface area contributed by atoms with E-state index in [1.807, 2.05) is 59.2 Å². The number of aromatic hydroxyl groups is 1. The molecule has 0 radical (unpaired) electrons. The summed E-state index contributed by atoms with van der Waals surface area (Å²) in [5.74, 6) is 0.153. The van der Waals surface area contributed by atoms with Gasteiger partial charge in [0.2, 0.25) is 5.88 Å². The number of aromatic nitrogens is 1. The molecule has 6 heteroatoms. The van der Waals surface area contributed by atoms with Gasteiger partial charge in [-0.05, 0) is 29.3 Å². The summed E-state index contributed by atoms with van der Waals surface area (Å²) in [5.41, 5.74) is 4.85. The average Bonchev–Trinajstić information content (AvgIpc) is 3.25. The molecule has 0 spiro atoms. The molecule has 5 aromatic rings. The average molecular weight is 502 g/mol. The molecule has 1 saturated heterocycles. The van der Waals surface area contributed by atoms with Gasteiger partial charge in [0.15, 0.2) is 5.69 Å². The number of nitrogens with zero attached hydrogens (tertiary/aromatic N) is 5. The standard InChI is InChI=1S/C32H31N5O/c38-32-30(34-33-27-16-8-3-9-17-27)28-18-10-11-19-29(28)37(32)24-35-20-22-36(23-21-35)31(25-12-4-1-5-13-25)26-14-6-2-7-15-26/h1-19,31,38H,20-24H2. The van der Waals surface area contributed by atoms with E-state index in [4.69, 9.17) is 0 Å². The predicted octanol–water partition coefficient (Wildman–Crippen LogP) is 7.13. The van der Waals surface area contributed by atoms with Gasteiger partial charge in [-0.2, -0.15) is 5.11 Å². The topological polar surface area (TPSA) is 56.4 Å². The zero-order chi connectivity index (χ0) is 25.7. The molecule has 1 N–H and O–H groups in total. The molecule has 1 fully saturated rings. The molecule has 1 aliphatic heterocycles. The van der Waals surface area contributed by atoms with E-state index in [1.54, 1.807) is 0 Å². The van der Waals surface area contributed by atoms with Gasteiger partial charge in [-0.1, -0.05) is 97.1 Å². The molecule has 0 bridgehead atoms. The highest BCUT2D eigenvalue weighted by Crippen LogP contribution is 2.40. The zero-order valence-electron chi connectivity index (χ0n) is 21.3. The third kappa shape index (κ3) is 4.96. The van der Waals surface area contributed by atoms with E-state index < -0.39 is 0 Å². The minimum Gasteiger partial charge on any atom is -0.493 e. The lowest BCUT2D eigenvalue weighted by Gasteiger charge is -2.40. The van der Waals surface area contributed by atoms with E-state index in [0.29, 0.717) is 12.4 Å². The summed E-state index contributed by atoms with van der Waals surface area (Å²) < 4.78 is 1.95. The fraction of sp³-hybridized carbons (Fsp3) is 0.188. The van der Waals surface area contributed by atoms with E-state index in [2.05, 4.69) is 80.7 Å². The quantitative estimate of drug-likeness (QED) is 0.241. The number of fused-ring (bicyclic) bond motifs is 1. The number of rotatable bonds is 7. The fourth-order valence-electron chi connectivity index (χ4n) is 5.36. The Kier molecular flexibility index (Phi) is 6.98. The SMILES string of the molecule is Oc1c(N=Nc2ccccc2)c2ccccc2n1CN1CCN(C(c2ccccc2)c2ccccc2)CC1. The van der Waals surface area contributed by atoms with Gasteiger partial charge in [-0.25, -0.2) is 0 Å². The number of para-hydroxylation sites is 1. The van der Waals surface area contributed by atoms with E-state index in [1.165, 1.54) is 11.1 Å². The Labute approximate surface area is 223 Å². The normalized spacial score (nSPS) is 15.1. The predicted molar refractivity (Wildman–Crippen MR) is 152 cm³/mol. The molecule has 6 nitrogen and oxygen atoms in total. The van der Waals surface area contributed by atoms with Gasteiger partial charge in [0.25, 0.3) is 0 Å². The van der Waals surface area contributed by atoms with E-state index in [0.717, 1.165) is 42.8 Å². The van der Waals surface area contributed by atoms with Gasteiger partial charge in [0, 0.05) is 31.6 Å². The van der Waals surface area contributed by atoms with Gasteiger partial charge < -0.3 is 5.11 Å². The Bertz CT molecular complexity index is 1470. The van der Waals surface area contributed by atoms with E-state index in [-0.39, 0.29) is 11.9 Å². The molecular weight excluding hydrogens is 470 g/mol. The van der Waals surface area contributed by atoms with Crippen molar-refractivity contribution in [3.8, 4) is 5.88 Å². The Morgan fingerprint density at radius 3 is 1.82 bits per heavy atom. The van der Waals surface area contributed by atoms with Crippen molar-refractivity contribution in [2.24, 2.45) is 10.2 Å². The van der Waals surface area contributed by atoms with Crippen molar-refractivity contribution in [1.82, 2.24) is 14.4 Å². The van der Waals surface area contributed by atoms with Crippen molar-refractivity contribution in [2.45, 2.75) is 12.7 Å². The van der Waals surface area contributed by atoms with Crippen LogP contribution in [0.25, 0.3) is 10.9 Å². The maximum absolute atomic E-state index is 11.2. The van der Waals surface area contributed by atoms with Gasteiger partial charge in [-0.3, -0.25) is 14.4 Å². The van der Waals surface area contributed by atoms with Crippen LogP contribution in [-0.2, 0) is 6.67 Å². The molecular formula is C32H31N5O. The number of benzene rings is 4. The largest absolute Gasteiger partial charge is 0.493 e. The first-order valence-electron chi connectivity index (χ1n) is 13.1. The third-order valence-corrected chi connectivity index (χ3v) is 7.28. The summed E-state index contributed by atoms with van der Waals surface area (Å²) in [4.78, 5) is 4.96. The molecule has 0 unspecified atom stereocenters. The summed E-state index contributed by atoms with van der Waals surface area (Å²) in [6, 6.07) is 39.3. The molecule has 0 saturated carbocycles. The second-order valence-corrected chi connectivity index (χ2v) is 9.67. The Morgan fingerprint density at radius 1 is 0.632 bits per heavy atom. The maximum Gasteiger partial charge on any atom is 0.221 e. The highest BCUT2D eigenvalue weighted by Gasteiger charge is 2.27. The molecule has 0 atom stereocenters. The first-order valence-corrected chi connectivity index (χ1v) is 13.1. The van der Waals surface area contributed by atoms with Crippen molar-refractivity contribution in [2.75, 3.05) is 26.2 Å². The molecule has 38 heavy (non-hydrogen) atoms.